The molecule has 0 aliphatic rings. The van der Waals surface area contributed by atoms with Gasteiger partial charge in [0.15, 0.2) is 11.6 Å². The van der Waals surface area contributed by atoms with E-state index in [0.717, 1.165) is 6.07 Å². The monoisotopic (exact) mass is 250 g/mol. The molecular formula is C13H12F2N2O. The van der Waals surface area contributed by atoms with Gasteiger partial charge in [0, 0.05) is 30.6 Å². The molecule has 2 N–H and O–H groups in total. The molecular weight excluding hydrogens is 238 g/mol. The molecule has 0 atom stereocenters. The largest absolute Gasteiger partial charge is 0.494 e. The third kappa shape index (κ3) is 2.17. The number of methoxy groups -OCH3 is 1. The summed E-state index contributed by atoms with van der Waals surface area (Å²) >= 11 is 0. The average Bonchev–Trinajstić information content (AvgIpc) is 2.39. The summed E-state index contributed by atoms with van der Waals surface area (Å²) in [6.45, 7) is 0.225. The number of hydrogen-bond donors (Lipinski definition) is 1. The highest BCUT2D eigenvalue weighted by Gasteiger charge is 2.14. The van der Waals surface area contributed by atoms with Gasteiger partial charge in [-0.2, -0.15) is 0 Å². The van der Waals surface area contributed by atoms with Gasteiger partial charge in [0.1, 0.15) is 5.82 Å². The number of halogens is 2. The van der Waals surface area contributed by atoms with E-state index in [1.54, 1.807) is 12.3 Å². The highest BCUT2D eigenvalue weighted by molar-refractivity contribution is 5.69. The van der Waals surface area contributed by atoms with Crippen molar-refractivity contribution in [1.82, 2.24) is 4.98 Å². The minimum atomic E-state index is -0.734. The minimum absolute atomic E-state index is 0.00816. The number of hydrogen-bond acceptors (Lipinski definition) is 3. The summed E-state index contributed by atoms with van der Waals surface area (Å²) in [4.78, 5) is 3.92. The molecule has 1 heterocycles. The van der Waals surface area contributed by atoms with E-state index in [2.05, 4.69) is 4.98 Å². The van der Waals surface area contributed by atoms with E-state index in [1.807, 2.05) is 0 Å². The molecule has 94 valence electrons. The van der Waals surface area contributed by atoms with Crippen LogP contribution in [0.5, 0.6) is 5.75 Å². The van der Waals surface area contributed by atoms with Gasteiger partial charge in [-0.1, -0.05) is 0 Å². The van der Waals surface area contributed by atoms with Crippen LogP contribution in [0, 0.1) is 11.6 Å². The van der Waals surface area contributed by atoms with E-state index in [9.17, 15) is 8.78 Å². The summed E-state index contributed by atoms with van der Waals surface area (Å²) in [5, 5.41) is 0. The first-order valence-electron chi connectivity index (χ1n) is 5.33. The molecule has 0 bridgehead atoms. The highest BCUT2D eigenvalue weighted by Crippen LogP contribution is 2.31. The molecule has 0 radical (unpaired) electrons. The van der Waals surface area contributed by atoms with Crippen molar-refractivity contribution in [1.29, 1.82) is 0 Å². The normalized spacial score (nSPS) is 10.4. The smallest absolute Gasteiger partial charge is 0.168 e. The standard InChI is InChI=1S/C13H12F2N2O/c1-18-13-4-10(11(14)5-12(13)15)9-2-3-17-7-8(9)6-16/h2-5,7H,6,16H2,1H3. The van der Waals surface area contributed by atoms with E-state index in [0.29, 0.717) is 11.1 Å². The van der Waals surface area contributed by atoms with Gasteiger partial charge >= 0.3 is 0 Å². The van der Waals surface area contributed by atoms with Crippen molar-refractivity contribution in [3.05, 3.63) is 47.8 Å². The highest BCUT2D eigenvalue weighted by atomic mass is 19.1. The molecule has 0 saturated heterocycles. The minimum Gasteiger partial charge on any atom is -0.494 e. The Hall–Kier alpha value is -2.01. The third-order valence-electron chi connectivity index (χ3n) is 2.66. The SMILES string of the molecule is COc1cc(-c2ccncc2CN)c(F)cc1F. The summed E-state index contributed by atoms with van der Waals surface area (Å²) in [6.07, 6.45) is 3.09. The lowest BCUT2D eigenvalue weighted by molar-refractivity contribution is 0.384. The Labute approximate surface area is 103 Å². The second-order valence-corrected chi connectivity index (χ2v) is 3.70. The van der Waals surface area contributed by atoms with Crippen molar-refractivity contribution in [2.24, 2.45) is 5.73 Å². The van der Waals surface area contributed by atoms with Gasteiger partial charge < -0.3 is 10.5 Å². The molecule has 5 heteroatoms. The summed E-state index contributed by atoms with van der Waals surface area (Å²) in [5.74, 6) is -1.40. The fraction of sp³-hybridized carbons (Fsp3) is 0.154. The molecule has 0 saturated carbocycles. The first-order chi connectivity index (χ1) is 8.67. The average molecular weight is 250 g/mol. The molecule has 1 aromatic carbocycles. The van der Waals surface area contributed by atoms with Crippen LogP contribution in [0.1, 0.15) is 5.56 Å². The Balaban J connectivity index is 2.63. The molecule has 0 aliphatic carbocycles. The summed E-state index contributed by atoms with van der Waals surface area (Å²) in [6, 6.07) is 3.76. The molecule has 0 spiro atoms. The van der Waals surface area contributed by atoms with Crippen LogP contribution in [0.3, 0.4) is 0 Å². The van der Waals surface area contributed by atoms with Crippen LogP contribution in [0.2, 0.25) is 0 Å². The topological polar surface area (TPSA) is 48.1 Å². The third-order valence-corrected chi connectivity index (χ3v) is 2.66. The van der Waals surface area contributed by atoms with Crippen LogP contribution in [-0.2, 0) is 6.54 Å². The van der Waals surface area contributed by atoms with Crippen molar-refractivity contribution in [2.75, 3.05) is 7.11 Å². The van der Waals surface area contributed by atoms with Crippen molar-refractivity contribution >= 4 is 0 Å². The van der Waals surface area contributed by atoms with Crippen molar-refractivity contribution in [2.45, 2.75) is 6.54 Å². The van der Waals surface area contributed by atoms with E-state index in [4.69, 9.17) is 10.5 Å². The summed E-state index contributed by atoms with van der Waals surface area (Å²) in [7, 11) is 1.33. The predicted octanol–water partition coefficient (Wildman–Crippen LogP) is 2.49. The summed E-state index contributed by atoms with van der Waals surface area (Å²) < 4.78 is 32.0. The van der Waals surface area contributed by atoms with Gasteiger partial charge in [-0.3, -0.25) is 4.98 Å². The molecule has 3 nitrogen and oxygen atoms in total. The number of rotatable bonds is 3. The molecule has 2 rings (SSSR count). The van der Waals surface area contributed by atoms with Gasteiger partial charge in [0.25, 0.3) is 0 Å². The first kappa shape index (κ1) is 12.4. The Morgan fingerprint density at radius 2 is 2.00 bits per heavy atom. The number of pyridine rings is 1. The van der Waals surface area contributed by atoms with Crippen LogP contribution in [0.4, 0.5) is 8.78 Å². The zero-order valence-corrected chi connectivity index (χ0v) is 9.78. The molecule has 0 amide bonds. The van der Waals surface area contributed by atoms with Crippen LogP contribution in [-0.4, -0.2) is 12.1 Å². The zero-order valence-electron chi connectivity index (χ0n) is 9.78. The number of nitrogens with two attached hydrogens (primary N) is 1. The predicted molar refractivity (Wildman–Crippen MR) is 64.0 cm³/mol. The lowest BCUT2D eigenvalue weighted by Gasteiger charge is -2.10. The van der Waals surface area contributed by atoms with E-state index < -0.39 is 11.6 Å². The van der Waals surface area contributed by atoms with Crippen LogP contribution in [0.25, 0.3) is 11.1 Å². The Kier molecular flexibility index (Phi) is 3.53. The van der Waals surface area contributed by atoms with Gasteiger partial charge in [-0.15, -0.1) is 0 Å². The fourth-order valence-corrected chi connectivity index (χ4v) is 1.74. The van der Waals surface area contributed by atoms with Crippen LogP contribution >= 0.6 is 0 Å². The molecule has 2 aromatic rings. The van der Waals surface area contributed by atoms with Crippen molar-refractivity contribution < 1.29 is 13.5 Å². The lowest BCUT2D eigenvalue weighted by Crippen LogP contribution is -2.01. The number of benzene rings is 1. The number of aromatic nitrogens is 1. The van der Waals surface area contributed by atoms with Crippen LogP contribution < -0.4 is 10.5 Å². The molecule has 0 unspecified atom stereocenters. The molecule has 18 heavy (non-hydrogen) atoms. The number of ether oxygens (including phenoxy) is 1. The second-order valence-electron chi connectivity index (χ2n) is 3.70. The maximum absolute atomic E-state index is 13.8. The Morgan fingerprint density at radius 3 is 2.67 bits per heavy atom. The quantitative estimate of drug-likeness (QED) is 0.910. The second kappa shape index (κ2) is 5.10. The Morgan fingerprint density at radius 1 is 1.22 bits per heavy atom. The zero-order chi connectivity index (χ0) is 13.1. The lowest BCUT2D eigenvalue weighted by atomic mass is 10.0. The Bertz CT molecular complexity index is 573. The van der Waals surface area contributed by atoms with E-state index in [1.165, 1.54) is 19.4 Å². The van der Waals surface area contributed by atoms with Gasteiger partial charge in [-0.05, 0) is 23.3 Å². The fourth-order valence-electron chi connectivity index (χ4n) is 1.74. The van der Waals surface area contributed by atoms with E-state index in [-0.39, 0.29) is 17.9 Å². The van der Waals surface area contributed by atoms with E-state index >= 15 is 0 Å². The van der Waals surface area contributed by atoms with Crippen LogP contribution in [0.15, 0.2) is 30.6 Å². The van der Waals surface area contributed by atoms with Crippen molar-refractivity contribution in [3.63, 3.8) is 0 Å². The van der Waals surface area contributed by atoms with Crippen molar-refractivity contribution in [3.8, 4) is 16.9 Å². The van der Waals surface area contributed by atoms with Gasteiger partial charge in [0.05, 0.1) is 7.11 Å². The first-order valence-corrected chi connectivity index (χ1v) is 5.33. The molecule has 0 aliphatic heterocycles. The molecule has 1 aromatic heterocycles. The maximum Gasteiger partial charge on any atom is 0.168 e. The van der Waals surface area contributed by atoms with Gasteiger partial charge in [0.2, 0.25) is 0 Å². The number of nitrogens with zero attached hydrogens (tertiary/aromatic N) is 1. The molecule has 0 fully saturated rings. The summed E-state index contributed by atoms with van der Waals surface area (Å²) in [5.41, 5.74) is 7.09. The maximum atomic E-state index is 13.8. The van der Waals surface area contributed by atoms with Gasteiger partial charge in [-0.25, -0.2) is 8.78 Å².